The maximum absolute atomic E-state index is 13.9. The lowest BCUT2D eigenvalue weighted by atomic mass is 9.71. The highest BCUT2D eigenvalue weighted by Crippen LogP contribution is 2.53. The number of ether oxygens (including phenoxy) is 3. The monoisotopic (exact) mass is 509 g/mol. The fraction of sp³-hybridized carbons (Fsp3) is 0.333. The molecule has 0 unspecified atom stereocenters. The number of aryl methyl sites for hydroxylation is 2. The number of benzene rings is 2. The maximum Gasteiger partial charge on any atom is 0.243 e. The summed E-state index contributed by atoms with van der Waals surface area (Å²) in [5.41, 5.74) is 3.82. The van der Waals surface area contributed by atoms with Crippen molar-refractivity contribution in [1.29, 1.82) is 0 Å². The van der Waals surface area contributed by atoms with Crippen LogP contribution >= 0.6 is 0 Å². The minimum Gasteiger partial charge on any atom is -0.493 e. The smallest absolute Gasteiger partial charge is 0.243 e. The van der Waals surface area contributed by atoms with Crippen LogP contribution in [-0.4, -0.2) is 58.2 Å². The van der Waals surface area contributed by atoms with Gasteiger partial charge < -0.3 is 14.2 Å². The van der Waals surface area contributed by atoms with Crippen LogP contribution in [0.5, 0.6) is 17.2 Å². The van der Waals surface area contributed by atoms with Crippen LogP contribution in [0.2, 0.25) is 0 Å². The third-order valence-electron chi connectivity index (χ3n) is 7.21. The molecule has 36 heavy (non-hydrogen) atoms. The van der Waals surface area contributed by atoms with Gasteiger partial charge in [-0.05, 0) is 66.8 Å². The number of sulfonamides is 1. The Labute approximate surface area is 210 Å². The molecular formula is C27H27NO7S. The van der Waals surface area contributed by atoms with Crippen LogP contribution in [0.15, 0.2) is 58.5 Å². The number of fused-ring (bicyclic) bond motifs is 8. The number of hydrogen-bond acceptors (Lipinski definition) is 7. The number of rotatable bonds is 5. The summed E-state index contributed by atoms with van der Waals surface area (Å²) in [7, 11) is 0.661. The Bertz CT molecular complexity index is 1440. The van der Waals surface area contributed by atoms with Crippen LogP contribution in [-0.2, 0) is 26.0 Å². The topological polar surface area (TPSA) is 99.2 Å². The molecule has 188 valence electrons. The van der Waals surface area contributed by atoms with Crippen molar-refractivity contribution in [3.05, 3.63) is 70.3 Å². The molecule has 5 rings (SSSR count). The first-order valence-corrected chi connectivity index (χ1v) is 13.1. The summed E-state index contributed by atoms with van der Waals surface area (Å²) in [6.45, 7) is 1.98. The number of piperidine rings is 1. The van der Waals surface area contributed by atoms with Gasteiger partial charge in [-0.25, -0.2) is 8.42 Å². The summed E-state index contributed by atoms with van der Waals surface area (Å²) < 4.78 is 46.2. The van der Waals surface area contributed by atoms with E-state index in [4.69, 9.17) is 14.2 Å². The average molecular weight is 510 g/mol. The molecule has 2 aliphatic heterocycles. The molecule has 2 aromatic rings. The molecule has 3 aliphatic rings. The van der Waals surface area contributed by atoms with Gasteiger partial charge in [0, 0.05) is 18.0 Å². The highest BCUT2D eigenvalue weighted by atomic mass is 32.2. The van der Waals surface area contributed by atoms with Gasteiger partial charge in [-0.2, -0.15) is 4.31 Å². The molecule has 0 saturated carbocycles. The SMILES string of the molecule is COc1cc2c(c(OC)c1OC)[C@H]1CN(S(=O)(=O)c3ccc(C)cc3)[C@@H](CC2)C2=CC(=O)C(=O)C=C21. The van der Waals surface area contributed by atoms with E-state index in [2.05, 4.69) is 0 Å². The number of carbonyl (C=O) groups excluding carboxylic acids is 2. The van der Waals surface area contributed by atoms with Crippen molar-refractivity contribution in [2.45, 2.75) is 36.6 Å². The summed E-state index contributed by atoms with van der Waals surface area (Å²) in [5.74, 6) is -0.488. The summed E-state index contributed by atoms with van der Waals surface area (Å²) in [6.07, 6.45) is 3.59. The van der Waals surface area contributed by atoms with E-state index in [-0.39, 0.29) is 11.4 Å². The number of hydrogen-bond donors (Lipinski definition) is 0. The molecule has 0 N–H and O–H groups in total. The number of nitrogens with zero attached hydrogens (tertiary/aromatic N) is 1. The van der Waals surface area contributed by atoms with E-state index in [9.17, 15) is 18.0 Å². The summed E-state index contributed by atoms with van der Waals surface area (Å²) in [4.78, 5) is 25.1. The predicted octanol–water partition coefficient (Wildman–Crippen LogP) is 3.13. The molecule has 8 nitrogen and oxygen atoms in total. The van der Waals surface area contributed by atoms with Gasteiger partial charge in [0.05, 0.1) is 32.3 Å². The molecule has 2 heterocycles. The molecule has 0 radical (unpaired) electrons. The van der Waals surface area contributed by atoms with Crippen molar-refractivity contribution in [3.8, 4) is 17.2 Å². The lowest BCUT2D eigenvalue weighted by molar-refractivity contribution is -0.131. The van der Waals surface area contributed by atoms with E-state index in [1.165, 1.54) is 30.7 Å². The third kappa shape index (κ3) is 3.65. The van der Waals surface area contributed by atoms with Gasteiger partial charge in [-0.1, -0.05) is 17.7 Å². The Balaban J connectivity index is 1.76. The van der Waals surface area contributed by atoms with Crippen molar-refractivity contribution in [3.63, 3.8) is 0 Å². The third-order valence-corrected chi connectivity index (χ3v) is 9.10. The van der Waals surface area contributed by atoms with Gasteiger partial charge in [-0.15, -0.1) is 0 Å². The zero-order valence-corrected chi connectivity index (χ0v) is 21.3. The first kappa shape index (κ1) is 24.3. The van der Waals surface area contributed by atoms with Crippen LogP contribution in [0.1, 0.15) is 29.0 Å². The lowest BCUT2D eigenvalue weighted by Gasteiger charge is -2.45. The second-order valence-electron chi connectivity index (χ2n) is 9.14. The first-order chi connectivity index (χ1) is 17.2. The normalized spacial score (nSPS) is 21.6. The highest BCUT2D eigenvalue weighted by molar-refractivity contribution is 7.89. The largest absolute Gasteiger partial charge is 0.493 e. The fourth-order valence-corrected chi connectivity index (χ4v) is 7.16. The van der Waals surface area contributed by atoms with Crippen LogP contribution in [0, 0.1) is 6.92 Å². The fourth-order valence-electron chi connectivity index (χ4n) is 5.51. The predicted molar refractivity (Wildman–Crippen MR) is 132 cm³/mol. The molecule has 2 bridgehead atoms. The van der Waals surface area contributed by atoms with Crippen LogP contribution in [0.25, 0.3) is 0 Å². The number of methoxy groups -OCH3 is 3. The van der Waals surface area contributed by atoms with Crippen molar-refractivity contribution in [2.24, 2.45) is 0 Å². The minimum atomic E-state index is -3.91. The first-order valence-electron chi connectivity index (χ1n) is 11.6. The average Bonchev–Trinajstić information content (AvgIpc) is 2.85. The number of carbonyl (C=O) groups is 2. The van der Waals surface area contributed by atoms with Gasteiger partial charge >= 0.3 is 0 Å². The zero-order valence-electron chi connectivity index (χ0n) is 20.5. The lowest BCUT2D eigenvalue weighted by Crippen LogP contribution is -2.50. The zero-order chi connectivity index (χ0) is 25.8. The molecule has 0 spiro atoms. The molecule has 1 saturated heterocycles. The van der Waals surface area contributed by atoms with E-state index >= 15 is 0 Å². The van der Waals surface area contributed by atoms with Crippen LogP contribution in [0.4, 0.5) is 0 Å². The summed E-state index contributed by atoms with van der Waals surface area (Å²) in [6, 6.07) is 8.01. The van der Waals surface area contributed by atoms with Gasteiger partial charge in [-0.3, -0.25) is 9.59 Å². The standard InChI is InChI=1S/C27H27NO7S/c1-15-5-8-17(9-6-15)36(31,32)28-14-20-18-12-22(29)23(30)13-19(18)21(28)10-7-16-11-24(33-2)26(34-3)27(35-4)25(16)20/h5-6,8-9,11-13,20-21H,7,10,14H2,1-4H3/t20-,21-/m0/s1. The molecule has 2 aromatic carbocycles. The van der Waals surface area contributed by atoms with Crippen molar-refractivity contribution < 1.29 is 32.2 Å². The Kier molecular flexibility index (Phi) is 6.00. The Morgan fingerprint density at radius 1 is 0.889 bits per heavy atom. The second kappa shape index (κ2) is 8.90. The maximum atomic E-state index is 13.9. The number of allylic oxidation sites excluding steroid dienone is 2. The molecule has 0 aromatic heterocycles. The second-order valence-corrected chi connectivity index (χ2v) is 11.0. The van der Waals surface area contributed by atoms with Gasteiger partial charge in [0.1, 0.15) is 0 Å². The summed E-state index contributed by atoms with van der Waals surface area (Å²) in [5, 5.41) is 0. The molecule has 1 fully saturated rings. The molecule has 1 aliphatic carbocycles. The minimum absolute atomic E-state index is 0.0877. The van der Waals surface area contributed by atoms with Crippen molar-refractivity contribution in [1.82, 2.24) is 4.31 Å². The molecule has 0 amide bonds. The Morgan fingerprint density at radius 3 is 2.14 bits per heavy atom. The Morgan fingerprint density at radius 2 is 1.53 bits per heavy atom. The number of ketones is 2. The van der Waals surface area contributed by atoms with E-state index in [0.29, 0.717) is 41.2 Å². The van der Waals surface area contributed by atoms with Crippen LogP contribution < -0.4 is 14.2 Å². The van der Waals surface area contributed by atoms with Crippen LogP contribution in [0.3, 0.4) is 0 Å². The molecule has 9 heteroatoms. The van der Waals surface area contributed by atoms with Gasteiger partial charge in [0.25, 0.3) is 0 Å². The molecule has 2 atom stereocenters. The highest BCUT2D eigenvalue weighted by Gasteiger charge is 2.47. The Hall–Kier alpha value is -3.43. The van der Waals surface area contributed by atoms with Gasteiger partial charge in [0.2, 0.25) is 27.3 Å². The van der Waals surface area contributed by atoms with Gasteiger partial charge in [0.15, 0.2) is 11.5 Å². The van der Waals surface area contributed by atoms with E-state index in [0.717, 1.165) is 16.7 Å². The van der Waals surface area contributed by atoms with E-state index in [1.807, 2.05) is 13.0 Å². The van der Waals surface area contributed by atoms with Crippen molar-refractivity contribution >= 4 is 21.6 Å². The quantitative estimate of drug-likeness (QED) is 0.451. The van der Waals surface area contributed by atoms with E-state index < -0.39 is 33.5 Å². The summed E-state index contributed by atoms with van der Waals surface area (Å²) >= 11 is 0. The molecular weight excluding hydrogens is 482 g/mol. The van der Waals surface area contributed by atoms with E-state index in [1.54, 1.807) is 31.4 Å². The van der Waals surface area contributed by atoms with Crippen molar-refractivity contribution in [2.75, 3.05) is 27.9 Å².